The summed E-state index contributed by atoms with van der Waals surface area (Å²) in [5, 5.41) is 3.77. The average Bonchev–Trinajstić information content (AvgIpc) is 2.93. The van der Waals surface area contributed by atoms with Crippen molar-refractivity contribution in [1.29, 1.82) is 0 Å². The highest BCUT2D eigenvalue weighted by Crippen LogP contribution is 2.31. The third-order valence-corrected chi connectivity index (χ3v) is 9.06. The molecular formula is C29H32Cl3N3O4S. The minimum Gasteiger partial charge on any atom is -0.354 e. The highest BCUT2D eigenvalue weighted by atomic mass is 35.5. The van der Waals surface area contributed by atoms with Crippen LogP contribution in [0.25, 0.3) is 0 Å². The van der Waals surface area contributed by atoms with E-state index in [1.807, 2.05) is 13.8 Å². The summed E-state index contributed by atoms with van der Waals surface area (Å²) in [6, 6.07) is 16.8. The number of aryl methyl sites for hydroxylation is 1. The van der Waals surface area contributed by atoms with Gasteiger partial charge in [-0.05, 0) is 67.8 Å². The molecule has 0 spiro atoms. The Morgan fingerprint density at radius 2 is 1.55 bits per heavy atom. The molecular weight excluding hydrogens is 593 g/mol. The molecule has 1 atom stereocenters. The van der Waals surface area contributed by atoms with Crippen molar-refractivity contribution in [1.82, 2.24) is 10.2 Å². The van der Waals surface area contributed by atoms with E-state index in [2.05, 4.69) is 5.32 Å². The standard InChI is InChI=1S/C29H32Cl3N3O4S/c1-4-16-33-29(37)27(5-2)34(18-21-8-10-22(30)11-9-21)28(36)19-35(23-12-15-25(31)26(32)17-23)40(38,39)24-13-6-20(3)7-14-24/h6-15,17,27H,4-5,16,18-19H2,1-3H3,(H,33,37)/t27-/m0/s1. The average molecular weight is 625 g/mol. The number of nitrogens with zero attached hydrogens (tertiary/aromatic N) is 2. The molecule has 0 saturated heterocycles. The molecule has 11 heteroatoms. The van der Waals surface area contributed by atoms with E-state index in [9.17, 15) is 18.0 Å². The summed E-state index contributed by atoms with van der Waals surface area (Å²) in [5.74, 6) is -0.871. The Kier molecular flexibility index (Phi) is 11.3. The smallest absolute Gasteiger partial charge is 0.264 e. The van der Waals surface area contributed by atoms with E-state index in [0.29, 0.717) is 18.0 Å². The lowest BCUT2D eigenvalue weighted by molar-refractivity contribution is -0.140. The van der Waals surface area contributed by atoms with Crippen LogP contribution in [0.4, 0.5) is 5.69 Å². The Balaban J connectivity index is 2.07. The third kappa shape index (κ3) is 7.91. The predicted octanol–water partition coefficient (Wildman–Crippen LogP) is 6.48. The van der Waals surface area contributed by atoms with Crippen LogP contribution in [-0.4, -0.2) is 44.3 Å². The molecule has 40 heavy (non-hydrogen) atoms. The molecule has 0 aliphatic carbocycles. The molecule has 3 rings (SSSR count). The number of nitrogens with one attached hydrogen (secondary N) is 1. The lowest BCUT2D eigenvalue weighted by atomic mass is 10.1. The highest BCUT2D eigenvalue weighted by molar-refractivity contribution is 7.92. The van der Waals surface area contributed by atoms with E-state index in [-0.39, 0.29) is 33.1 Å². The Hall–Kier alpha value is -2.78. The summed E-state index contributed by atoms with van der Waals surface area (Å²) in [6.07, 6.45) is 1.06. The molecule has 2 amide bonds. The van der Waals surface area contributed by atoms with E-state index in [1.165, 1.54) is 35.2 Å². The summed E-state index contributed by atoms with van der Waals surface area (Å²) < 4.78 is 28.8. The van der Waals surface area contributed by atoms with E-state index in [1.54, 1.807) is 43.3 Å². The van der Waals surface area contributed by atoms with Gasteiger partial charge in [0.2, 0.25) is 11.8 Å². The second-order valence-electron chi connectivity index (χ2n) is 9.29. The largest absolute Gasteiger partial charge is 0.354 e. The van der Waals surface area contributed by atoms with Gasteiger partial charge in [0.05, 0.1) is 20.6 Å². The van der Waals surface area contributed by atoms with Gasteiger partial charge in [-0.3, -0.25) is 13.9 Å². The minimum absolute atomic E-state index is 0.00829. The monoisotopic (exact) mass is 623 g/mol. The molecule has 0 heterocycles. The van der Waals surface area contributed by atoms with Gasteiger partial charge >= 0.3 is 0 Å². The van der Waals surface area contributed by atoms with Gasteiger partial charge in [0.15, 0.2) is 0 Å². The second kappa shape index (κ2) is 14.2. The lowest BCUT2D eigenvalue weighted by Crippen LogP contribution is -2.52. The quantitative estimate of drug-likeness (QED) is 0.250. The number of sulfonamides is 1. The van der Waals surface area contributed by atoms with Crippen LogP contribution in [0.1, 0.15) is 37.8 Å². The first kappa shape index (κ1) is 31.7. The van der Waals surface area contributed by atoms with Gasteiger partial charge in [0, 0.05) is 18.1 Å². The predicted molar refractivity (Wildman–Crippen MR) is 162 cm³/mol. The Bertz CT molecular complexity index is 1430. The SMILES string of the molecule is CCCNC(=O)[C@H](CC)N(Cc1ccc(Cl)cc1)C(=O)CN(c1ccc(Cl)c(Cl)c1)S(=O)(=O)c1ccc(C)cc1. The number of anilines is 1. The second-order valence-corrected chi connectivity index (χ2v) is 12.4. The Labute approximate surface area is 251 Å². The van der Waals surface area contributed by atoms with Crippen molar-refractivity contribution in [3.63, 3.8) is 0 Å². The summed E-state index contributed by atoms with van der Waals surface area (Å²) in [6.45, 7) is 5.55. The van der Waals surface area contributed by atoms with Crippen LogP contribution in [0.5, 0.6) is 0 Å². The van der Waals surface area contributed by atoms with E-state index in [0.717, 1.165) is 21.9 Å². The molecule has 214 valence electrons. The zero-order valence-electron chi connectivity index (χ0n) is 22.5. The highest BCUT2D eigenvalue weighted by Gasteiger charge is 2.33. The molecule has 0 fully saturated rings. The van der Waals surface area contributed by atoms with Gasteiger partial charge in [-0.15, -0.1) is 0 Å². The van der Waals surface area contributed by atoms with Crippen LogP contribution in [0.2, 0.25) is 15.1 Å². The number of amides is 2. The van der Waals surface area contributed by atoms with Gasteiger partial charge in [-0.2, -0.15) is 0 Å². The Morgan fingerprint density at radius 3 is 2.12 bits per heavy atom. The van der Waals surface area contributed by atoms with Crippen molar-refractivity contribution in [2.45, 2.75) is 51.1 Å². The van der Waals surface area contributed by atoms with Gasteiger partial charge < -0.3 is 10.2 Å². The fourth-order valence-corrected chi connectivity index (χ4v) is 5.90. The molecule has 1 N–H and O–H groups in total. The molecule has 0 bridgehead atoms. The lowest BCUT2D eigenvalue weighted by Gasteiger charge is -2.33. The number of carbonyl (C=O) groups is 2. The molecule has 0 radical (unpaired) electrons. The third-order valence-electron chi connectivity index (χ3n) is 6.28. The zero-order valence-corrected chi connectivity index (χ0v) is 25.6. The van der Waals surface area contributed by atoms with Crippen LogP contribution >= 0.6 is 34.8 Å². The maximum atomic E-state index is 14.0. The van der Waals surface area contributed by atoms with Gasteiger partial charge in [0.25, 0.3) is 10.0 Å². The van der Waals surface area contributed by atoms with E-state index in [4.69, 9.17) is 34.8 Å². The molecule has 3 aromatic carbocycles. The molecule has 3 aromatic rings. The van der Waals surface area contributed by atoms with Crippen molar-refractivity contribution in [3.8, 4) is 0 Å². The van der Waals surface area contributed by atoms with E-state index < -0.39 is 28.5 Å². The van der Waals surface area contributed by atoms with Gasteiger partial charge in [0.1, 0.15) is 12.6 Å². The topological polar surface area (TPSA) is 86.8 Å². The van der Waals surface area contributed by atoms with Crippen LogP contribution in [0.15, 0.2) is 71.6 Å². The number of halogens is 3. The maximum Gasteiger partial charge on any atom is 0.264 e. The molecule has 7 nitrogen and oxygen atoms in total. The first-order chi connectivity index (χ1) is 19.0. The number of carbonyl (C=O) groups excluding carboxylic acids is 2. The summed E-state index contributed by atoms with van der Waals surface area (Å²) >= 11 is 18.4. The minimum atomic E-state index is -4.21. The van der Waals surface area contributed by atoms with Crippen LogP contribution in [0, 0.1) is 6.92 Å². The molecule has 0 aromatic heterocycles. The molecule has 0 aliphatic heterocycles. The van der Waals surface area contributed by atoms with E-state index >= 15 is 0 Å². The first-order valence-electron chi connectivity index (χ1n) is 12.8. The molecule has 0 saturated carbocycles. The zero-order chi connectivity index (χ0) is 29.4. The molecule has 0 unspecified atom stereocenters. The Morgan fingerprint density at radius 1 is 0.900 bits per heavy atom. The molecule has 0 aliphatic rings. The maximum absolute atomic E-state index is 14.0. The number of benzene rings is 3. The fourth-order valence-electron chi connectivity index (χ4n) is 4.08. The van der Waals surface area contributed by atoms with Crippen LogP contribution < -0.4 is 9.62 Å². The van der Waals surface area contributed by atoms with Gasteiger partial charge in [-0.25, -0.2) is 8.42 Å². The van der Waals surface area contributed by atoms with Crippen molar-refractivity contribution >= 4 is 62.3 Å². The number of hydrogen-bond donors (Lipinski definition) is 1. The van der Waals surface area contributed by atoms with Crippen molar-refractivity contribution in [3.05, 3.63) is 92.9 Å². The summed E-state index contributed by atoms with van der Waals surface area (Å²) in [4.78, 5) is 28.6. The fraction of sp³-hybridized carbons (Fsp3) is 0.310. The van der Waals surface area contributed by atoms with Crippen molar-refractivity contribution in [2.75, 3.05) is 17.4 Å². The summed E-state index contributed by atoms with van der Waals surface area (Å²) in [7, 11) is -4.21. The number of hydrogen-bond acceptors (Lipinski definition) is 4. The first-order valence-corrected chi connectivity index (χ1v) is 15.4. The van der Waals surface area contributed by atoms with Gasteiger partial charge in [-0.1, -0.05) is 78.5 Å². The van der Waals surface area contributed by atoms with Crippen LogP contribution in [0.3, 0.4) is 0 Å². The van der Waals surface area contributed by atoms with Crippen LogP contribution in [-0.2, 0) is 26.2 Å². The van der Waals surface area contributed by atoms with Crippen molar-refractivity contribution < 1.29 is 18.0 Å². The summed E-state index contributed by atoms with van der Waals surface area (Å²) in [5.41, 5.74) is 1.79. The normalized spacial score (nSPS) is 12.1. The van der Waals surface area contributed by atoms with Crippen molar-refractivity contribution in [2.24, 2.45) is 0 Å². The number of rotatable bonds is 12.